The number of nitrogens with one attached hydrogen (secondary N) is 1. The van der Waals surface area contributed by atoms with Crippen LogP contribution in [-0.2, 0) is 9.59 Å². The molecule has 4 heteroatoms. The third-order valence-electron chi connectivity index (χ3n) is 3.71. The number of ketones is 1. The highest BCUT2D eigenvalue weighted by molar-refractivity contribution is 6.03. The van der Waals surface area contributed by atoms with Gasteiger partial charge in [0.05, 0.1) is 5.92 Å². The fourth-order valence-corrected chi connectivity index (χ4v) is 2.48. The molecule has 1 unspecified atom stereocenters. The van der Waals surface area contributed by atoms with E-state index in [0.717, 1.165) is 19.6 Å². The highest BCUT2D eigenvalue weighted by Gasteiger charge is 2.33. The van der Waals surface area contributed by atoms with E-state index in [1.807, 2.05) is 27.7 Å². The summed E-state index contributed by atoms with van der Waals surface area (Å²) < 4.78 is 0. The first-order chi connectivity index (χ1) is 8.86. The van der Waals surface area contributed by atoms with Crippen molar-refractivity contribution in [1.29, 1.82) is 0 Å². The molecule has 0 spiro atoms. The zero-order valence-corrected chi connectivity index (χ0v) is 12.8. The third-order valence-corrected chi connectivity index (χ3v) is 3.71. The maximum absolute atomic E-state index is 12.2. The molecule has 1 aliphatic rings. The van der Waals surface area contributed by atoms with Gasteiger partial charge in [-0.05, 0) is 32.4 Å². The van der Waals surface area contributed by atoms with Gasteiger partial charge in [0.15, 0.2) is 5.78 Å². The van der Waals surface area contributed by atoms with Crippen LogP contribution in [0.3, 0.4) is 0 Å². The molecule has 1 amide bonds. The zero-order valence-electron chi connectivity index (χ0n) is 12.8. The number of rotatable bonds is 6. The van der Waals surface area contributed by atoms with Crippen molar-refractivity contribution in [2.24, 2.45) is 11.3 Å². The molecule has 4 nitrogen and oxygen atoms in total. The second kappa shape index (κ2) is 7.04. The van der Waals surface area contributed by atoms with Crippen molar-refractivity contribution in [3.8, 4) is 0 Å². The van der Waals surface area contributed by atoms with Crippen molar-refractivity contribution in [2.45, 2.75) is 47.0 Å². The van der Waals surface area contributed by atoms with Crippen molar-refractivity contribution in [2.75, 3.05) is 26.2 Å². The summed E-state index contributed by atoms with van der Waals surface area (Å²) in [5, 5.41) is 2.91. The average molecular weight is 268 g/mol. The number of hydrogen-bond acceptors (Lipinski definition) is 3. The summed E-state index contributed by atoms with van der Waals surface area (Å²) in [7, 11) is 0. The van der Waals surface area contributed by atoms with Crippen molar-refractivity contribution in [3.05, 3.63) is 0 Å². The van der Waals surface area contributed by atoms with Gasteiger partial charge in [0.25, 0.3) is 0 Å². The first-order valence-electron chi connectivity index (χ1n) is 7.40. The Morgan fingerprint density at radius 3 is 2.26 bits per heavy atom. The van der Waals surface area contributed by atoms with E-state index in [0.29, 0.717) is 13.0 Å². The second-order valence-electron chi connectivity index (χ2n) is 6.41. The molecule has 0 aromatic heterocycles. The lowest BCUT2D eigenvalue weighted by molar-refractivity contribution is -0.138. The smallest absolute Gasteiger partial charge is 0.230 e. The van der Waals surface area contributed by atoms with Crippen LogP contribution in [0, 0.1) is 11.3 Å². The molecule has 1 N–H and O–H groups in total. The van der Waals surface area contributed by atoms with E-state index >= 15 is 0 Å². The zero-order chi connectivity index (χ0) is 14.5. The monoisotopic (exact) mass is 268 g/mol. The van der Waals surface area contributed by atoms with Crippen molar-refractivity contribution < 1.29 is 9.59 Å². The molecule has 1 saturated heterocycles. The molecule has 1 heterocycles. The fraction of sp³-hybridized carbons (Fsp3) is 0.867. The second-order valence-corrected chi connectivity index (χ2v) is 6.41. The lowest BCUT2D eigenvalue weighted by Gasteiger charge is -2.23. The van der Waals surface area contributed by atoms with Gasteiger partial charge in [-0.1, -0.05) is 27.7 Å². The number of nitrogens with zero attached hydrogens (tertiary/aromatic N) is 1. The minimum atomic E-state index is -0.501. The van der Waals surface area contributed by atoms with Crippen molar-refractivity contribution >= 4 is 11.7 Å². The van der Waals surface area contributed by atoms with Gasteiger partial charge in [-0.3, -0.25) is 9.59 Å². The summed E-state index contributed by atoms with van der Waals surface area (Å²) in [4.78, 5) is 26.6. The molecule has 1 rings (SSSR count). The molecular formula is C15H28N2O2. The quantitative estimate of drug-likeness (QED) is 0.748. The number of Topliss-reactive ketones (excluding diaryl/α,β-unsaturated/α-hetero) is 1. The SMILES string of the molecule is CCC(C(=O)NCCN1CCCC1)C(=O)C(C)(C)C. The molecule has 0 saturated carbocycles. The topological polar surface area (TPSA) is 49.4 Å². The Morgan fingerprint density at radius 2 is 1.79 bits per heavy atom. The van der Waals surface area contributed by atoms with Crippen LogP contribution >= 0.6 is 0 Å². The third kappa shape index (κ3) is 4.94. The van der Waals surface area contributed by atoms with Gasteiger partial charge in [0.2, 0.25) is 5.91 Å². The molecule has 1 atom stereocenters. The van der Waals surface area contributed by atoms with Crippen LogP contribution in [0.25, 0.3) is 0 Å². The van der Waals surface area contributed by atoms with E-state index in [-0.39, 0.29) is 11.7 Å². The Morgan fingerprint density at radius 1 is 1.21 bits per heavy atom. The van der Waals surface area contributed by atoms with Crippen LogP contribution in [0.15, 0.2) is 0 Å². The summed E-state index contributed by atoms with van der Waals surface area (Å²) in [6, 6.07) is 0. The molecule has 0 aromatic carbocycles. The molecule has 110 valence electrons. The summed E-state index contributed by atoms with van der Waals surface area (Å²) in [5.41, 5.74) is -0.451. The summed E-state index contributed by atoms with van der Waals surface area (Å²) in [6.07, 6.45) is 3.09. The summed E-state index contributed by atoms with van der Waals surface area (Å²) in [6.45, 7) is 11.3. The van der Waals surface area contributed by atoms with E-state index in [9.17, 15) is 9.59 Å². The Balaban J connectivity index is 2.39. The van der Waals surface area contributed by atoms with Gasteiger partial charge in [-0.25, -0.2) is 0 Å². The highest BCUT2D eigenvalue weighted by Crippen LogP contribution is 2.22. The predicted molar refractivity (Wildman–Crippen MR) is 76.9 cm³/mol. The van der Waals surface area contributed by atoms with Gasteiger partial charge >= 0.3 is 0 Å². The van der Waals surface area contributed by atoms with E-state index in [4.69, 9.17) is 0 Å². The van der Waals surface area contributed by atoms with Gasteiger partial charge < -0.3 is 10.2 Å². The number of carbonyl (C=O) groups excluding carboxylic acids is 2. The normalized spacial score (nSPS) is 18.3. The van der Waals surface area contributed by atoms with Crippen LogP contribution in [0.2, 0.25) is 0 Å². The minimum absolute atomic E-state index is 0.0358. The maximum Gasteiger partial charge on any atom is 0.230 e. The first-order valence-corrected chi connectivity index (χ1v) is 7.40. The molecule has 19 heavy (non-hydrogen) atoms. The van der Waals surface area contributed by atoms with E-state index in [2.05, 4.69) is 10.2 Å². The first kappa shape index (κ1) is 16.2. The number of hydrogen-bond donors (Lipinski definition) is 1. The molecular weight excluding hydrogens is 240 g/mol. The van der Waals surface area contributed by atoms with Crippen LogP contribution in [0.4, 0.5) is 0 Å². The lowest BCUT2D eigenvalue weighted by atomic mass is 9.81. The molecule has 0 aromatic rings. The van der Waals surface area contributed by atoms with Crippen LogP contribution in [0.5, 0.6) is 0 Å². The standard InChI is InChI=1S/C15H28N2O2/c1-5-12(13(18)15(2,3)4)14(19)16-8-11-17-9-6-7-10-17/h12H,5-11H2,1-4H3,(H,16,19). The van der Waals surface area contributed by atoms with Gasteiger partial charge in [0.1, 0.15) is 0 Å². The van der Waals surface area contributed by atoms with Crippen LogP contribution < -0.4 is 5.32 Å². The highest BCUT2D eigenvalue weighted by atomic mass is 16.2. The van der Waals surface area contributed by atoms with E-state index in [1.165, 1.54) is 12.8 Å². The molecule has 1 fully saturated rings. The Hall–Kier alpha value is -0.900. The molecule has 0 radical (unpaired) electrons. The molecule has 1 aliphatic heterocycles. The Labute approximate surface area is 116 Å². The number of amides is 1. The minimum Gasteiger partial charge on any atom is -0.354 e. The van der Waals surface area contributed by atoms with Crippen molar-refractivity contribution in [3.63, 3.8) is 0 Å². The maximum atomic E-state index is 12.2. The van der Waals surface area contributed by atoms with E-state index in [1.54, 1.807) is 0 Å². The average Bonchev–Trinajstić information content (AvgIpc) is 2.81. The van der Waals surface area contributed by atoms with Gasteiger partial charge in [0, 0.05) is 18.5 Å². The van der Waals surface area contributed by atoms with Gasteiger partial charge in [-0.15, -0.1) is 0 Å². The van der Waals surface area contributed by atoms with Gasteiger partial charge in [-0.2, -0.15) is 0 Å². The fourth-order valence-electron chi connectivity index (χ4n) is 2.48. The predicted octanol–water partition coefficient (Wildman–Crippen LogP) is 1.84. The van der Waals surface area contributed by atoms with E-state index < -0.39 is 11.3 Å². The van der Waals surface area contributed by atoms with Crippen LogP contribution in [0.1, 0.15) is 47.0 Å². The lowest BCUT2D eigenvalue weighted by Crippen LogP contribution is -2.42. The molecule has 0 aliphatic carbocycles. The summed E-state index contributed by atoms with van der Waals surface area (Å²) in [5.74, 6) is -0.575. The molecule has 0 bridgehead atoms. The number of carbonyl (C=O) groups is 2. The number of likely N-dealkylation sites (tertiary alicyclic amines) is 1. The largest absolute Gasteiger partial charge is 0.354 e. The van der Waals surface area contributed by atoms with Crippen molar-refractivity contribution in [1.82, 2.24) is 10.2 Å². The van der Waals surface area contributed by atoms with Crippen LogP contribution in [-0.4, -0.2) is 42.8 Å². The summed E-state index contributed by atoms with van der Waals surface area (Å²) >= 11 is 0. The Bertz CT molecular complexity index is 315. The Kier molecular flexibility index (Phi) is 5.98.